The number of amides is 2. The zero-order valence-corrected chi connectivity index (χ0v) is 25.4. The van der Waals surface area contributed by atoms with Crippen molar-refractivity contribution >= 4 is 11.7 Å². The first-order valence-electron chi connectivity index (χ1n) is 15.2. The minimum Gasteiger partial charge on any atom is -0.494 e. The number of aryl methyl sites for hydroxylation is 1. The van der Waals surface area contributed by atoms with Gasteiger partial charge in [-0.3, -0.25) is 0 Å². The molecular weight excluding hydrogens is 484 g/mol. The van der Waals surface area contributed by atoms with Gasteiger partial charge in [-0.1, -0.05) is 64.3 Å². The van der Waals surface area contributed by atoms with Gasteiger partial charge in [0, 0.05) is 31.9 Å². The van der Waals surface area contributed by atoms with E-state index >= 15 is 0 Å². The Morgan fingerprint density at radius 3 is 1.92 bits per heavy atom. The van der Waals surface area contributed by atoms with Crippen LogP contribution in [0.1, 0.15) is 76.8 Å². The largest absolute Gasteiger partial charge is 0.494 e. The molecule has 218 valence electrons. The van der Waals surface area contributed by atoms with Crippen LogP contribution in [-0.4, -0.2) is 74.2 Å². The average molecular weight is 539 g/mol. The van der Waals surface area contributed by atoms with Crippen molar-refractivity contribution in [1.82, 2.24) is 14.7 Å². The van der Waals surface area contributed by atoms with E-state index in [1.807, 2.05) is 29.2 Å². The van der Waals surface area contributed by atoms with Gasteiger partial charge < -0.3 is 24.8 Å². The second kappa shape index (κ2) is 19.5. The molecular formula is C33H54N4O2. The van der Waals surface area contributed by atoms with Crippen LogP contribution < -0.4 is 10.1 Å². The highest BCUT2D eigenvalue weighted by molar-refractivity contribution is 5.89. The molecule has 6 nitrogen and oxygen atoms in total. The first-order valence-corrected chi connectivity index (χ1v) is 15.2. The third-order valence-electron chi connectivity index (χ3n) is 6.97. The van der Waals surface area contributed by atoms with Gasteiger partial charge in [0.1, 0.15) is 5.75 Å². The van der Waals surface area contributed by atoms with Crippen LogP contribution >= 0.6 is 0 Å². The van der Waals surface area contributed by atoms with Gasteiger partial charge in [-0.15, -0.1) is 0 Å². The van der Waals surface area contributed by atoms with Crippen molar-refractivity contribution in [1.29, 1.82) is 0 Å². The van der Waals surface area contributed by atoms with E-state index < -0.39 is 0 Å². The number of urea groups is 1. The molecule has 1 N–H and O–H groups in total. The lowest BCUT2D eigenvalue weighted by atomic mass is 10.1. The van der Waals surface area contributed by atoms with Crippen molar-refractivity contribution in [2.24, 2.45) is 0 Å². The van der Waals surface area contributed by atoms with Gasteiger partial charge in [0.25, 0.3) is 0 Å². The quantitative estimate of drug-likeness (QED) is 0.180. The van der Waals surface area contributed by atoms with Crippen LogP contribution in [-0.2, 0) is 13.0 Å². The van der Waals surface area contributed by atoms with E-state index in [9.17, 15) is 4.79 Å². The van der Waals surface area contributed by atoms with Crippen molar-refractivity contribution < 1.29 is 9.53 Å². The van der Waals surface area contributed by atoms with E-state index in [2.05, 4.69) is 74.2 Å². The standard InChI is InChI=1S/C33H54N4O2/c1-6-9-13-29-14-18-31(19-15-29)34-33(38)37(26-25-36(23-10-7-2)24-11-8-3)28-30-16-20-32(21-17-30)39-27-12-22-35(4)5/h14-21H,6-13,22-28H2,1-5H3,(H,34,38). The van der Waals surface area contributed by atoms with E-state index in [1.54, 1.807) is 0 Å². The van der Waals surface area contributed by atoms with Gasteiger partial charge in [-0.25, -0.2) is 4.79 Å². The van der Waals surface area contributed by atoms with Crippen LogP contribution in [0.4, 0.5) is 10.5 Å². The number of hydrogen-bond donors (Lipinski definition) is 1. The van der Waals surface area contributed by atoms with Gasteiger partial charge in [0.05, 0.1) is 6.61 Å². The average Bonchev–Trinajstić information content (AvgIpc) is 2.94. The van der Waals surface area contributed by atoms with Gasteiger partial charge in [0.2, 0.25) is 0 Å². The molecule has 0 spiro atoms. The summed E-state index contributed by atoms with van der Waals surface area (Å²) in [5, 5.41) is 3.15. The van der Waals surface area contributed by atoms with Gasteiger partial charge in [-0.05, 0) is 94.7 Å². The minimum absolute atomic E-state index is 0.0498. The number of ether oxygens (including phenoxy) is 1. The number of hydrogen-bond acceptors (Lipinski definition) is 4. The number of carbonyl (C=O) groups is 1. The fourth-order valence-electron chi connectivity index (χ4n) is 4.43. The van der Waals surface area contributed by atoms with E-state index in [0.29, 0.717) is 19.7 Å². The first kappa shape index (κ1) is 32.6. The predicted molar refractivity (Wildman–Crippen MR) is 166 cm³/mol. The maximum absolute atomic E-state index is 13.5. The Kier molecular flexibility index (Phi) is 16.3. The normalized spacial score (nSPS) is 11.3. The molecule has 2 amide bonds. The highest BCUT2D eigenvalue weighted by Crippen LogP contribution is 2.17. The summed E-state index contributed by atoms with van der Waals surface area (Å²) >= 11 is 0. The number of carbonyl (C=O) groups excluding carboxylic acids is 1. The first-order chi connectivity index (χ1) is 18.9. The monoisotopic (exact) mass is 538 g/mol. The molecule has 0 saturated carbocycles. The SMILES string of the molecule is CCCCc1ccc(NC(=O)N(CCN(CCCC)CCCC)Cc2ccc(OCCCN(C)C)cc2)cc1. The Morgan fingerprint density at radius 1 is 0.718 bits per heavy atom. The van der Waals surface area contributed by atoms with Crippen LogP contribution in [0.2, 0.25) is 0 Å². The molecule has 2 aromatic carbocycles. The lowest BCUT2D eigenvalue weighted by molar-refractivity contribution is 0.188. The lowest BCUT2D eigenvalue weighted by Gasteiger charge is -2.28. The Hall–Kier alpha value is -2.57. The highest BCUT2D eigenvalue weighted by atomic mass is 16.5. The summed E-state index contributed by atoms with van der Waals surface area (Å²) in [6, 6.07) is 16.5. The number of nitrogens with zero attached hydrogens (tertiary/aromatic N) is 3. The molecule has 0 aliphatic heterocycles. The summed E-state index contributed by atoms with van der Waals surface area (Å²) in [5.41, 5.74) is 3.27. The van der Waals surface area contributed by atoms with Crippen LogP contribution in [0.15, 0.2) is 48.5 Å². The predicted octanol–water partition coefficient (Wildman–Crippen LogP) is 7.30. The molecule has 0 radical (unpaired) electrons. The van der Waals surface area contributed by atoms with Crippen LogP contribution in [0.3, 0.4) is 0 Å². The van der Waals surface area contributed by atoms with Crippen LogP contribution in [0.5, 0.6) is 5.75 Å². The molecule has 0 aliphatic carbocycles. The number of unbranched alkanes of at least 4 members (excludes halogenated alkanes) is 3. The molecule has 0 unspecified atom stereocenters. The molecule has 0 atom stereocenters. The Balaban J connectivity index is 2.05. The summed E-state index contributed by atoms with van der Waals surface area (Å²) in [5.74, 6) is 0.877. The molecule has 0 aliphatic rings. The van der Waals surface area contributed by atoms with E-state index in [0.717, 1.165) is 56.0 Å². The Bertz CT molecular complexity index is 891. The van der Waals surface area contributed by atoms with E-state index in [1.165, 1.54) is 44.1 Å². The van der Waals surface area contributed by atoms with Crippen LogP contribution in [0.25, 0.3) is 0 Å². The summed E-state index contributed by atoms with van der Waals surface area (Å²) in [4.78, 5) is 20.1. The molecule has 0 saturated heterocycles. The molecule has 2 rings (SSSR count). The Labute approximate surface area is 238 Å². The second-order valence-electron chi connectivity index (χ2n) is 10.9. The Morgan fingerprint density at radius 2 is 1.33 bits per heavy atom. The fourth-order valence-corrected chi connectivity index (χ4v) is 4.43. The van der Waals surface area contributed by atoms with Gasteiger partial charge in [0.15, 0.2) is 0 Å². The molecule has 39 heavy (non-hydrogen) atoms. The van der Waals surface area contributed by atoms with Crippen molar-refractivity contribution in [2.45, 2.75) is 78.7 Å². The van der Waals surface area contributed by atoms with Crippen LogP contribution in [0, 0.1) is 0 Å². The number of anilines is 1. The second-order valence-corrected chi connectivity index (χ2v) is 10.9. The fraction of sp³-hybridized carbons (Fsp3) is 0.606. The molecule has 0 fully saturated rings. The topological polar surface area (TPSA) is 48.1 Å². The van der Waals surface area contributed by atoms with Crippen molar-refractivity contribution in [3.63, 3.8) is 0 Å². The van der Waals surface area contributed by atoms with Gasteiger partial charge in [-0.2, -0.15) is 0 Å². The van der Waals surface area contributed by atoms with Gasteiger partial charge >= 0.3 is 6.03 Å². The van der Waals surface area contributed by atoms with E-state index in [4.69, 9.17) is 4.74 Å². The number of rotatable bonds is 20. The minimum atomic E-state index is -0.0498. The third-order valence-corrected chi connectivity index (χ3v) is 6.97. The maximum atomic E-state index is 13.5. The van der Waals surface area contributed by atoms with E-state index in [-0.39, 0.29) is 6.03 Å². The zero-order chi connectivity index (χ0) is 28.3. The zero-order valence-electron chi connectivity index (χ0n) is 25.4. The highest BCUT2D eigenvalue weighted by Gasteiger charge is 2.16. The number of benzene rings is 2. The lowest BCUT2D eigenvalue weighted by Crippen LogP contribution is -2.41. The molecule has 6 heteroatoms. The summed E-state index contributed by atoms with van der Waals surface area (Å²) in [7, 11) is 4.15. The number of nitrogens with one attached hydrogen (secondary N) is 1. The molecule has 0 aromatic heterocycles. The summed E-state index contributed by atoms with van der Waals surface area (Å²) in [6.45, 7) is 12.7. The summed E-state index contributed by atoms with van der Waals surface area (Å²) < 4.78 is 5.90. The summed E-state index contributed by atoms with van der Waals surface area (Å²) in [6.07, 6.45) is 9.20. The maximum Gasteiger partial charge on any atom is 0.322 e. The molecule has 2 aromatic rings. The third kappa shape index (κ3) is 13.9. The van der Waals surface area contributed by atoms with Crippen molar-refractivity contribution in [2.75, 3.05) is 58.7 Å². The molecule has 0 heterocycles. The molecule has 0 bridgehead atoms. The van der Waals surface area contributed by atoms with Crippen molar-refractivity contribution in [3.8, 4) is 5.75 Å². The smallest absolute Gasteiger partial charge is 0.322 e. The van der Waals surface area contributed by atoms with Crippen molar-refractivity contribution in [3.05, 3.63) is 59.7 Å².